The fourth-order valence-corrected chi connectivity index (χ4v) is 1.45. The smallest absolute Gasteiger partial charge is 0.235 e. The zero-order chi connectivity index (χ0) is 12.1. The maximum atomic E-state index is 11.7. The maximum absolute atomic E-state index is 11.7. The van der Waals surface area contributed by atoms with E-state index in [4.69, 9.17) is 9.93 Å². The van der Waals surface area contributed by atoms with E-state index in [-0.39, 0.29) is 15.1 Å². The van der Waals surface area contributed by atoms with Gasteiger partial charge in [0.1, 0.15) is 15.2 Å². The van der Waals surface area contributed by atoms with Crippen LogP contribution in [0.3, 0.4) is 0 Å². The lowest BCUT2D eigenvalue weighted by molar-refractivity contribution is 0.105. The van der Waals surface area contributed by atoms with Crippen LogP contribution in [0, 0.1) is 5.41 Å². The van der Waals surface area contributed by atoms with Crippen LogP contribution in [0.5, 0.6) is 0 Å². The van der Waals surface area contributed by atoms with E-state index in [2.05, 4.69) is 15.7 Å². The monoisotopic (exact) mass is 334 g/mol. The zero-order valence-corrected chi connectivity index (χ0v) is 11.0. The molecule has 0 spiro atoms. The highest BCUT2D eigenvalue weighted by atomic mass is 127. The Bertz CT molecular complexity index is 438. The predicted molar refractivity (Wildman–Crippen MR) is 68.5 cm³/mol. The number of nitrogens with one attached hydrogen (secondary N) is 2. The van der Waals surface area contributed by atoms with Crippen molar-refractivity contribution in [2.75, 3.05) is 7.05 Å². The Kier molecular flexibility index (Phi) is 4.59. The Labute approximate surface area is 106 Å². The number of halogens is 1. The molecule has 1 heterocycles. The van der Waals surface area contributed by atoms with Gasteiger partial charge in [0.15, 0.2) is 5.69 Å². The van der Waals surface area contributed by atoms with Gasteiger partial charge in [-0.2, -0.15) is 5.10 Å². The van der Waals surface area contributed by atoms with Gasteiger partial charge in [-0.3, -0.25) is 10.2 Å². The second-order valence-corrected chi connectivity index (χ2v) is 3.88. The predicted octanol–water partition coefficient (Wildman–Crippen LogP) is 1.41. The summed E-state index contributed by atoms with van der Waals surface area (Å²) in [6.45, 7) is 1.90. The lowest BCUT2D eigenvalue weighted by atomic mass is 10.2. The number of rotatable bonds is 5. The molecule has 7 heteroatoms. The molecule has 0 saturated carbocycles. The van der Waals surface area contributed by atoms with E-state index in [9.17, 15) is 4.79 Å². The molecule has 0 atom stereocenters. The standard InChI is InChI=1S/C9H11IN4O2/c1-3-5-4-6(14-16-5)8(15)7(11)9(10)13-12-2/h4,11-12H,3H2,1-2H3/b11-7?,13-9+. The van der Waals surface area contributed by atoms with Crippen molar-refractivity contribution >= 4 is 37.8 Å². The minimum absolute atomic E-state index is 0.141. The summed E-state index contributed by atoms with van der Waals surface area (Å²) in [5.41, 5.74) is 2.45. The summed E-state index contributed by atoms with van der Waals surface area (Å²) in [7, 11) is 1.60. The van der Waals surface area contributed by atoms with Crippen LogP contribution in [0.4, 0.5) is 0 Å². The molecule has 0 saturated heterocycles. The van der Waals surface area contributed by atoms with Gasteiger partial charge >= 0.3 is 0 Å². The molecule has 0 aliphatic carbocycles. The Morgan fingerprint density at radius 3 is 2.94 bits per heavy atom. The third-order valence-electron chi connectivity index (χ3n) is 1.78. The average Bonchev–Trinajstić information content (AvgIpc) is 2.75. The number of ketones is 1. The van der Waals surface area contributed by atoms with Crippen molar-refractivity contribution < 1.29 is 9.32 Å². The lowest BCUT2D eigenvalue weighted by Gasteiger charge is -1.97. The van der Waals surface area contributed by atoms with Crippen LogP contribution in [0.2, 0.25) is 0 Å². The third-order valence-corrected chi connectivity index (χ3v) is 2.56. The number of hydrogen-bond acceptors (Lipinski definition) is 6. The molecule has 1 aromatic rings. The zero-order valence-electron chi connectivity index (χ0n) is 8.87. The fourth-order valence-electron chi connectivity index (χ4n) is 0.962. The normalized spacial score (nSPS) is 11.3. The summed E-state index contributed by atoms with van der Waals surface area (Å²) in [4.78, 5) is 11.7. The Hall–Kier alpha value is -1.25. The quantitative estimate of drug-likeness (QED) is 0.369. The van der Waals surface area contributed by atoms with Crippen LogP contribution in [0.15, 0.2) is 15.7 Å². The molecule has 0 amide bonds. The molecule has 1 aromatic heterocycles. The van der Waals surface area contributed by atoms with Gasteiger partial charge in [-0.25, -0.2) is 0 Å². The van der Waals surface area contributed by atoms with Gasteiger partial charge in [0.25, 0.3) is 0 Å². The highest BCUT2D eigenvalue weighted by molar-refractivity contribution is 14.1. The second-order valence-electron chi connectivity index (χ2n) is 2.86. The van der Waals surface area contributed by atoms with Crippen LogP contribution >= 0.6 is 22.6 Å². The largest absolute Gasteiger partial charge is 0.361 e. The van der Waals surface area contributed by atoms with E-state index >= 15 is 0 Å². The molecule has 16 heavy (non-hydrogen) atoms. The highest BCUT2D eigenvalue weighted by Crippen LogP contribution is 2.07. The van der Waals surface area contributed by atoms with Crippen LogP contribution in [-0.2, 0) is 6.42 Å². The Morgan fingerprint density at radius 1 is 1.75 bits per heavy atom. The van der Waals surface area contributed by atoms with Crippen molar-refractivity contribution in [3.63, 3.8) is 0 Å². The van der Waals surface area contributed by atoms with Crippen LogP contribution in [0.25, 0.3) is 0 Å². The van der Waals surface area contributed by atoms with E-state index in [1.807, 2.05) is 29.5 Å². The number of aryl methyl sites for hydroxylation is 1. The molecule has 6 nitrogen and oxygen atoms in total. The third kappa shape index (κ3) is 2.87. The molecule has 0 aliphatic heterocycles. The van der Waals surface area contributed by atoms with Crippen molar-refractivity contribution in [3.8, 4) is 0 Å². The molecule has 0 bridgehead atoms. The molecular weight excluding hydrogens is 323 g/mol. The van der Waals surface area contributed by atoms with Gasteiger partial charge in [0.05, 0.1) is 0 Å². The summed E-state index contributed by atoms with van der Waals surface area (Å²) >= 11 is 1.81. The summed E-state index contributed by atoms with van der Waals surface area (Å²) in [5.74, 6) is 0.128. The van der Waals surface area contributed by atoms with E-state index in [1.165, 1.54) is 0 Å². The summed E-state index contributed by atoms with van der Waals surface area (Å²) in [5, 5.41) is 15.0. The van der Waals surface area contributed by atoms with Gasteiger partial charge in [-0.05, 0) is 22.6 Å². The molecule has 0 unspecified atom stereocenters. The minimum Gasteiger partial charge on any atom is -0.361 e. The van der Waals surface area contributed by atoms with Crippen molar-refractivity contribution in [1.82, 2.24) is 10.6 Å². The number of hydrazone groups is 1. The molecule has 0 aromatic carbocycles. The van der Waals surface area contributed by atoms with Gasteiger partial charge < -0.3 is 9.95 Å². The Morgan fingerprint density at radius 2 is 2.44 bits per heavy atom. The van der Waals surface area contributed by atoms with Crippen LogP contribution in [0.1, 0.15) is 23.2 Å². The fraction of sp³-hybridized carbons (Fsp3) is 0.333. The van der Waals surface area contributed by atoms with Crippen molar-refractivity contribution in [1.29, 1.82) is 5.41 Å². The van der Waals surface area contributed by atoms with Gasteiger partial charge in [-0.15, -0.1) is 0 Å². The average molecular weight is 334 g/mol. The van der Waals surface area contributed by atoms with Gasteiger partial charge in [-0.1, -0.05) is 12.1 Å². The van der Waals surface area contributed by atoms with Crippen LogP contribution in [-0.4, -0.2) is 27.4 Å². The molecule has 1 rings (SSSR count). The van der Waals surface area contributed by atoms with Crippen molar-refractivity contribution in [2.24, 2.45) is 5.10 Å². The number of carbonyl (C=O) groups excluding carboxylic acids is 1. The van der Waals surface area contributed by atoms with E-state index < -0.39 is 5.78 Å². The number of hydrogen-bond donors (Lipinski definition) is 2. The lowest BCUT2D eigenvalue weighted by Crippen LogP contribution is -2.21. The summed E-state index contributed by atoms with van der Waals surface area (Å²) in [6.07, 6.45) is 0.662. The maximum Gasteiger partial charge on any atom is 0.235 e. The minimum atomic E-state index is -0.494. The first-order valence-electron chi connectivity index (χ1n) is 4.59. The summed E-state index contributed by atoms with van der Waals surface area (Å²) in [6, 6.07) is 1.54. The molecule has 86 valence electrons. The van der Waals surface area contributed by atoms with Crippen molar-refractivity contribution in [2.45, 2.75) is 13.3 Å². The number of carbonyl (C=O) groups is 1. The first kappa shape index (κ1) is 12.8. The molecule has 0 aliphatic rings. The SMILES string of the molecule is CCc1cc(C(=O)C(=N)/C(I)=N\NC)no1. The van der Waals surface area contributed by atoms with Crippen molar-refractivity contribution in [3.05, 3.63) is 17.5 Å². The highest BCUT2D eigenvalue weighted by Gasteiger charge is 2.20. The Balaban J connectivity index is 2.86. The first-order chi connectivity index (χ1) is 7.60. The second kappa shape index (κ2) is 5.73. The van der Waals surface area contributed by atoms with Gasteiger partial charge in [0.2, 0.25) is 5.78 Å². The topological polar surface area (TPSA) is 91.3 Å². The number of nitrogens with zero attached hydrogens (tertiary/aromatic N) is 2. The van der Waals surface area contributed by atoms with Gasteiger partial charge in [0, 0.05) is 19.5 Å². The number of Topliss-reactive ketones (excluding diaryl/α,β-unsaturated/α-hetero) is 1. The van der Waals surface area contributed by atoms with E-state index in [1.54, 1.807) is 13.1 Å². The van der Waals surface area contributed by atoms with E-state index in [0.717, 1.165) is 0 Å². The number of aromatic nitrogens is 1. The first-order valence-corrected chi connectivity index (χ1v) is 5.67. The van der Waals surface area contributed by atoms with E-state index in [0.29, 0.717) is 12.2 Å². The molecule has 0 fully saturated rings. The van der Waals surface area contributed by atoms with Crippen LogP contribution < -0.4 is 5.43 Å². The summed E-state index contributed by atoms with van der Waals surface area (Å²) < 4.78 is 5.18. The molecule has 0 radical (unpaired) electrons. The molecule has 2 N–H and O–H groups in total. The molecular formula is C9H11IN4O2.